The number of amides is 1. The maximum Gasteiger partial charge on any atom is 0.312 e. The number of hydrogen-bond donors (Lipinski definition) is 2. The van der Waals surface area contributed by atoms with Crippen LogP contribution in [0.15, 0.2) is 12.1 Å². The third kappa shape index (κ3) is 3.77. The molecule has 1 amide bonds. The van der Waals surface area contributed by atoms with E-state index in [0.717, 1.165) is 0 Å². The Bertz CT molecular complexity index is 460. The number of carbonyl (C=O) groups excluding carboxylic acids is 1. The van der Waals surface area contributed by atoms with Crippen LogP contribution in [0, 0.1) is 0 Å². The maximum absolute atomic E-state index is 11.5. The molecule has 0 aromatic heterocycles. The Hall–Kier alpha value is -2.44. The van der Waals surface area contributed by atoms with Gasteiger partial charge in [-0.05, 0) is 0 Å². The molecule has 0 saturated carbocycles. The van der Waals surface area contributed by atoms with E-state index < -0.39 is 18.3 Å². The molecule has 0 fully saturated rings. The van der Waals surface area contributed by atoms with E-state index in [9.17, 15) is 9.59 Å². The molecule has 0 aliphatic heterocycles. The second kappa shape index (κ2) is 6.48. The van der Waals surface area contributed by atoms with Crippen LogP contribution in [-0.4, -0.2) is 38.3 Å². The van der Waals surface area contributed by atoms with E-state index in [1.54, 1.807) is 12.1 Å². The largest absolute Gasteiger partial charge is 0.496 e. The molecule has 0 aliphatic rings. The van der Waals surface area contributed by atoms with Crippen molar-refractivity contribution >= 4 is 17.6 Å². The van der Waals surface area contributed by atoms with Crippen molar-refractivity contribution in [2.45, 2.75) is 6.42 Å². The van der Waals surface area contributed by atoms with Crippen LogP contribution < -0.4 is 19.5 Å². The molecule has 0 saturated heterocycles. The predicted octanol–water partition coefficient (Wildman–Crippen LogP) is 1.13. The summed E-state index contributed by atoms with van der Waals surface area (Å²) in [5, 5.41) is 11.0. The molecule has 0 radical (unpaired) electrons. The van der Waals surface area contributed by atoms with Crippen molar-refractivity contribution in [3.63, 3.8) is 0 Å². The van der Waals surface area contributed by atoms with Gasteiger partial charge < -0.3 is 24.6 Å². The fraction of sp³-hybridized carbons (Fsp3) is 0.333. The molecule has 7 nitrogen and oxygen atoms in total. The number of aliphatic carboxylic acids is 1. The molecule has 0 atom stereocenters. The normalized spacial score (nSPS) is 9.63. The highest BCUT2D eigenvalue weighted by Gasteiger charge is 2.17. The van der Waals surface area contributed by atoms with Crippen molar-refractivity contribution in [2.75, 3.05) is 26.6 Å². The second-order valence-corrected chi connectivity index (χ2v) is 3.53. The Morgan fingerprint density at radius 3 is 2.00 bits per heavy atom. The zero-order valence-electron chi connectivity index (χ0n) is 10.9. The summed E-state index contributed by atoms with van der Waals surface area (Å²) in [6, 6.07) is 3.11. The van der Waals surface area contributed by atoms with Crippen LogP contribution in [0.1, 0.15) is 6.42 Å². The Morgan fingerprint density at radius 1 is 1.11 bits per heavy atom. The fourth-order valence-corrected chi connectivity index (χ4v) is 1.45. The standard InChI is InChI=1S/C12H15NO6/c1-17-7-4-8(18-2)12(9(5-7)19-3)13-10(14)6-11(15)16/h4-5H,6H2,1-3H3,(H,13,14)(H,15,16). The van der Waals surface area contributed by atoms with Crippen molar-refractivity contribution in [2.24, 2.45) is 0 Å². The van der Waals surface area contributed by atoms with Crippen LogP contribution in [0.5, 0.6) is 17.2 Å². The zero-order valence-corrected chi connectivity index (χ0v) is 10.9. The number of anilines is 1. The van der Waals surface area contributed by atoms with Crippen LogP contribution >= 0.6 is 0 Å². The van der Waals surface area contributed by atoms with Gasteiger partial charge in [0.2, 0.25) is 5.91 Å². The van der Waals surface area contributed by atoms with Gasteiger partial charge in [-0.25, -0.2) is 0 Å². The highest BCUT2D eigenvalue weighted by molar-refractivity contribution is 6.03. The first-order valence-corrected chi connectivity index (χ1v) is 5.33. The van der Waals surface area contributed by atoms with E-state index in [4.69, 9.17) is 19.3 Å². The maximum atomic E-state index is 11.5. The highest BCUT2D eigenvalue weighted by atomic mass is 16.5. The summed E-state index contributed by atoms with van der Waals surface area (Å²) < 4.78 is 15.3. The van der Waals surface area contributed by atoms with E-state index >= 15 is 0 Å². The summed E-state index contributed by atoms with van der Waals surface area (Å²) in [6.45, 7) is 0. The molecule has 0 spiro atoms. The molecule has 1 rings (SSSR count). The van der Waals surface area contributed by atoms with Crippen molar-refractivity contribution in [3.8, 4) is 17.2 Å². The molecular weight excluding hydrogens is 254 g/mol. The van der Waals surface area contributed by atoms with Crippen molar-refractivity contribution in [1.82, 2.24) is 0 Å². The van der Waals surface area contributed by atoms with Gasteiger partial charge in [-0.2, -0.15) is 0 Å². The first-order chi connectivity index (χ1) is 9.01. The van der Waals surface area contributed by atoms with E-state index in [-0.39, 0.29) is 5.69 Å². The lowest BCUT2D eigenvalue weighted by Gasteiger charge is -2.15. The average molecular weight is 269 g/mol. The number of ether oxygens (including phenoxy) is 3. The number of hydrogen-bond acceptors (Lipinski definition) is 5. The van der Waals surface area contributed by atoms with Gasteiger partial charge in [0.05, 0.1) is 21.3 Å². The van der Waals surface area contributed by atoms with Gasteiger partial charge in [0, 0.05) is 12.1 Å². The number of methoxy groups -OCH3 is 3. The lowest BCUT2D eigenvalue weighted by molar-refractivity contribution is -0.139. The molecule has 0 bridgehead atoms. The van der Waals surface area contributed by atoms with Gasteiger partial charge in [0.15, 0.2) is 0 Å². The van der Waals surface area contributed by atoms with E-state index in [0.29, 0.717) is 17.2 Å². The molecular formula is C12H15NO6. The van der Waals surface area contributed by atoms with Gasteiger partial charge >= 0.3 is 5.97 Å². The molecule has 2 N–H and O–H groups in total. The van der Waals surface area contributed by atoms with Crippen LogP contribution in [0.4, 0.5) is 5.69 Å². The minimum Gasteiger partial charge on any atom is -0.496 e. The Kier molecular flexibility index (Phi) is 4.99. The molecule has 1 aromatic carbocycles. The Labute approximate surface area is 110 Å². The molecule has 0 unspecified atom stereocenters. The average Bonchev–Trinajstić information content (AvgIpc) is 2.37. The first kappa shape index (κ1) is 14.6. The summed E-state index contributed by atoms with van der Waals surface area (Å²) >= 11 is 0. The summed E-state index contributed by atoms with van der Waals surface area (Å²) in [7, 11) is 4.32. The van der Waals surface area contributed by atoms with Crippen LogP contribution in [0.3, 0.4) is 0 Å². The topological polar surface area (TPSA) is 94.1 Å². The van der Waals surface area contributed by atoms with Crippen molar-refractivity contribution in [3.05, 3.63) is 12.1 Å². The number of nitrogens with one attached hydrogen (secondary N) is 1. The summed E-state index contributed by atoms with van der Waals surface area (Å²) in [5.74, 6) is -0.770. The van der Waals surface area contributed by atoms with Gasteiger partial charge in [-0.15, -0.1) is 0 Å². The molecule has 104 valence electrons. The van der Waals surface area contributed by atoms with Gasteiger partial charge in [0.1, 0.15) is 29.4 Å². The summed E-state index contributed by atoms with van der Waals surface area (Å²) in [6.07, 6.45) is -0.641. The quantitative estimate of drug-likeness (QED) is 0.752. The number of carbonyl (C=O) groups is 2. The number of rotatable bonds is 6. The van der Waals surface area contributed by atoms with E-state index in [2.05, 4.69) is 5.32 Å². The van der Waals surface area contributed by atoms with Crippen molar-refractivity contribution in [1.29, 1.82) is 0 Å². The number of carboxylic acid groups (broad SMARTS) is 1. The molecule has 0 aliphatic carbocycles. The van der Waals surface area contributed by atoms with Gasteiger partial charge in [-0.1, -0.05) is 0 Å². The minimum absolute atomic E-state index is 0.261. The SMILES string of the molecule is COc1cc(OC)c(NC(=O)CC(=O)O)c(OC)c1. The summed E-state index contributed by atoms with van der Waals surface area (Å²) in [5.41, 5.74) is 0.261. The number of benzene rings is 1. The van der Waals surface area contributed by atoms with Crippen molar-refractivity contribution < 1.29 is 28.9 Å². The highest BCUT2D eigenvalue weighted by Crippen LogP contribution is 2.38. The lowest BCUT2D eigenvalue weighted by atomic mass is 10.2. The fourth-order valence-electron chi connectivity index (χ4n) is 1.45. The monoisotopic (exact) mass is 269 g/mol. The molecule has 1 aromatic rings. The van der Waals surface area contributed by atoms with E-state index in [1.807, 2.05) is 0 Å². The predicted molar refractivity (Wildman–Crippen MR) is 67.0 cm³/mol. The minimum atomic E-state index is -1.22. The second-order valence-electron chi connectivity index (χ2n) is 3.53. The molecule has 19 heavy (non-hydrogen) atoms. The smallest absolute Gasteiger partial charge is 0.312 e. The van der Waals surface area contributed by atoms with Crippen LogP contribution in [0.25, 0.3) is 0 Å². The Morgan fingerprint density at radius 2 is 1.63 bits per heavy atom. The zero-order chi connectivity index (χ0) is 14.4. The molecule has 7 heteroatoms. The van der Waals surface area contributed by atoms with Gasteiger partial charge in [-0.3, -0.25) is 9.59 Å². The van der Waals surface area contributed by atoms with E-state index in [1.165, 1.54) is 21.3 Å². The lowest BCUT2D eigenvalue weighted by Crippen LogP contribution is -2.17. The van der Waals surface area contributed by atoms with Gasteiger partial charge in [0.25, 0.3) is 0 Å². The third-order valence-electron chi connectivity index (χ3n) is 2.29. The van der Waals surface area contributed by atoms with Crippen LogP contribution in [0.2, 0.25) is 0 Å². The van der Waals surface area contributed by atoms with Crippen LogP contribution in [-0.2, 0) is 9.59 Å². The first-order valence-electron chi connectivity index (χ1n) is 5.33. The molecule has 0 heterocycles. The Balaban J connectivity index is 3.10. The number of carboxylic acids is 1. The third-order valence-corrected chi connectivity index (χ3v) is 2.29. The summed E-state index contributed by atoms with van der Waals surface area (Å²) in [4.78, 5) is 21.9.